The van der Waals surface area contributed by atoms with Gasteiger partial charge in [-0.2, -0.15) is 5.10 Å². The van der Waals surface area contributed by atoms with Gasteiger partial charge in [0.15, 0.2) is 0 Å². The van der Waals surface area contributed by atoms with Crippen LogP contribution in [0.25, 0.3) is 0 Å². The molecule has 2 aliphatic heterocycles. The fourth-order valence-corrected chi connectivity index (χ4v) is 2.87. The number of hydrogen-bond acceptors (Lipinski definition) is 3. The summed E-state index contributed by atoms with van der Waals surface area (Å²) in [6.07, 6.45) is 1.27. The lowest BCUT2D eigenvalue weighted by atomic mass is 9.99. The zero-order chi connectivity index (χ0) is 10.7. The first kappa shape index (κ1) is 8.50. The second-order valence-electron chi connectivity index (χ2n) is 4.39. The van der Waals surface area contributed by atoms with Crippen molar-refractivity contribution >= 4 is 0 Å². The predicted molar refractivity (Wildman–Crippen MR) is 57.7 cm³/mol. The van der Waals surface area contributed by atoms with E-state index < -0.39 is 6.10 Å². The van der Waals surface area contributed by atoms with E-state index in [0.29, 0.717) is 0 Å². The Morgan fingerprint density at radius 3 is 2.81 bits per heavy atom. The minimum Gasteiger partial charge on any atom is -0.385 e. The minimum absolute atomic E-state index is 0.00542. The largest absolute Gasteiger partial charge is 0.385 e. The fourth-order valence-electron chi connectivity index (χ4n) is 2.87. The Balaban J connectivity index is 2.02. The van der Waals surface area contributed by atoms with E-state index in [0.717, 1.165) is 11.3 Å². The van der Waals surface area contributed by atoms with Crippen LogP contribution in [0.2, 0.25) is 0 Å². The van der Waals surface area contributed by atoms with Crippen LogP contribution in [-0.2, 0) is 0 Å². The van der Waals surface area contributed by atoms with E-state index in [-0.39, 0.29) is 12.1 Å². The average molecular weight is 213 g/mol. The van der Waals surface area contributed by atoms with E-state index in [1.165, 1.54) is 11.1 Å². The van der Waals surface area contributed by atoms with Gasteiger partial charge in [-0.3, -0.25) is 10.4 Å². The monoisotopic (exact) mass is 213 g/mol. The Hall–Kier alpha value is -1.65. The highest BCUT2D eigenvalue weighted by atomic mass is 16.3. The second-order valence-corrected chi connectivity index (χ2v) is 4.39. The van der Waals surface area contributed by atoms with Gasteiger partial charge in [0, 0.05) is 5.56 Å². The van der Waals surface area contributed by atoms with E-state index in [2.05, 4.69) is 27.6 Å². The van der Waals surface area contributed by atoms with Gasteiger partial charge in [-0.15, -0.1) is 0 Å². The molecule has 2 bridgehead atoms. The van der Waals surface area contributed by atoms with Gasteiger partial charge in [-0.05, 0) is 11.1 Å². The highest BCUT2D eigenvalue weighted by Crippen LogP contribution is 2.48. The van der Waals surface area contributed by atoms with Crippen LogP contribution in [-0.4, -0.2) is 15.3 Å². The maximum atomic E-state index is 10.2. The van der Waals surface area contributed by atoms with E-state index in [4.69, 9.17) is 0 Å². The number of rotatable bonds is 0. The summed E-state index contributed by atoms with van der Waals surface area (Å²) in [6.45, 7) is 0. The molecule has 0 radical (unpaired) electrons. The van der Waals surface area contributed by atoms with Crippen molar-refractivity contribution in [3.8, 4) is 0 Å². The van der Waals surface area contributed by atoms with E-state index in [1.54, 1.807) is 6.20 Å². The molecule has 1 aromatic carbocycles. The summed E-state index contributed by atoms with van der Waals surface area (Å²) in [4.78, 5) is 0. The number of aliphatic hydroxyl groups excluding tert-OH is 1. The van der Waals surface area contributed by atoms with Gasteiger partial charge in [-0.25, -0.2) is 0 Å². The van der Waals surface area contributed by atoms with Crippen LogP contribution in [0.3, 0.4) is 0 Å². The summed E-state index contributed by atoms with van der Waals surface area (Å²) in [5.41, 5.74) is 4.37. The van der Waals surface area contributed by atoms with Crippen molar-refractivity contribution in [3.05, 3.63) is 52.8 Å². The van der Waals surface area contributed by atoms with Crippen molar-refractivity contribution in [3.63, 3.8) is 0 Å². The second kappa shape index (κ2) is 2.72. The first-order valence-electron chi connectivity index (χ1n) is 5.42. The Morgan fingerprint density at radius 2 is 1.94 bits per heavy atom. The summed E-state index contributed by atoms with van der Waals surface area (Å²) in [6, 6.07) is 8.41. The van der Waals surface area contributed by atoms with Crippen LogP contribution in [0.5, 0.6) is 0 Å². The lowest BCUT2D eigenvalue weighted by Crippen LogP contribution is -2.30. The van der Waals surface area contributed by atoms with Gasteiger partial charge in [0.25, 0.3) is 0 Å². The van der Waals surface area contributed by atoms with Gasteiger partial charge < -0.3 is 5.11 Å². The molecule has 2 aromatic rings. The number of benzene rings is 1. The third-order valence-electron chi connectivity index (χ3n) is 3.61. The normalized spacial score (nSPS) is 29.9. The van der Waals surface area contributed by atoms with Crippen LogP contribution >= 0.6 is 0 Å². The van der Waals surface area contributed by atoms with Gasteiger partial charge in [-0.1, -0.05) is 24.3 Å². The van der Waals surface area contributed by atoms with Crippen molar-refractivity contribution in [2.45, 2.75) is 18.2 Å². The molecule has 0 aliphatic carbocycles. The molecule has 0 saturated heterocycles. The lowest BCUT2D eigenvalue weighted by Gasteiger charge is -2.26. The van der Waals surface area contributed by atoms with E-state index in [1.807, 2.05) is 12.1 Å². The average Bonchev–Trinajstić information content (AvgIpc) is 2.91. The molecular formula is C12H11N3O. The molecule has 3 unspecified atom stereocenters. The summed E-state index contributed by atoms with van der Waals surface area (Å²) < 4.78 is 0. The van der Waals surface area contributed by atoms with Crippen molar-refractivity contribution in [2.24, 2.45) is 0 Å². The number of H-pyrrole nitrogens is 1. The molecule has 0 spiro atoms. The topological polar surface area (TPSA) is 60.9 Å². The minimum atomic E-state index is -0.530. The van der Waals surface area contributed by atoms with Crippen molar-refractivity contribution < 1.29 is 5.11 Å². The number of aliphatic hydroxyl groups is 1. The summed E-state index contributed by atoms with van der Waals surface area (Å²) in [5, 5.41) is 20.6. The molecule has 4 heteroatoms. The zero-order valence-corrected chi connectivity index (χ0v) is 8.51. The van der Waals surface area contributed by atoms with Crippen LogP contribution < -0.4 is 5.32 Å². The maximum absolute atomic E-state index is 10.2. The molecule has 0 fully saturated rings. The molecule has 1 aromatic heterocycles. The number of fused-ring (bicyclic) bond motifs is 7. The van der Waals surface area contributed by atoms with Crippen molar-refractivity contribution in [2.75, 3.05) is 0 Å². The number of aromatic nitrogens is 2. The molecule has 4 rings (SSSR count). The van der Waals surface area contributed by atoms with Crippen LogP contribution in [0.15, 0.2) is 30.5 Å². The van der Waals surface area contributed by atoms with Gasteiger partial charge in [0.05, 0.1) is 24.0 Å². The Bertz CT molecular complexity index is 563. The van der Waals surface area contributed by atoms with E-state index >= 15 is 0 Å². The molecular weight excluding hydrogens is 202 g/mol. The van der Waals surface area contributed by atoms with Crippen LogP contribution in [0, 0.1) is 0 Å². The predicted octanol–water partition coefficient (Wildman–Crippen LogP) is 1.19. The number of aromatic amines is 1. The first-order chi connectivity index (χ1) is 7.86. The maximum Gasteiger partial charge on any atom is 0.115 e. The third kappa shape index (κ3) is 0.847. The highest BCUT2D eigenvalue weighted by Gasteiger charge is 2.43. The quantitative estimate of drug-likeness (QED) is 0.616. The van der Waals surface area contributed by atoms with Crippen molar-refractivity contribution in [1.82, 2.24) is 15.5 Å². The summed E-state index contributed by atoms with van der Waals surface area (Å²) in [5.74, 6) is 0. The summed E-state index contributed by atoms with van der Waals surface area (Å²) >= 11 is 0. The van der Waals surface area contributed by atoms with E-state index in [9.17, 15) is 5.11 Å². The molecule has 80 valence electrons. The van der Waals surface area contributed by atoms with Gasteiger partial charge in [0.1, 0.15) is 6.10 Å². The molecule has 4 nitrogen and oxygen atoms in total. The Labute approximate surface area is 92.3 Å². The molecule has 0 amide bonds. The summed E-state index contributed by atoms with van der Waals surface area (Å²) in [7, 11) is 0. The molecule has 3 atom stereocenters. The van der Waals surface area contributed by atoms with Crippen molar-refractivity contribution in [1.29, 1.82) is 0 Å². The zero-order valence-electron chi connectivity index (χ0n) is 8.51. The molecule has 2 aliphatic rings. The Kier molecular flexibility index (Phi) is 1.45. The number of nitrogens with one attached hydrogen (secondary N) is 2. The lowest BCUT2D eigenvalue weighted by molar-refractivity contribution is 0.117. The highest BCUT2D eigenvalue weighted by molar-refractivity contribution is 5.49. The smallest absolute Gasteiger partial charge is 0.115 e. The molecule has 3 heterocycles. The molecule has 16 heavy (non-hydrogen) atoms. The standard InChI is InChI=1S/C12H11N3O/c16-12-10-7-4-2-1-3-6(7)9(14-10)8-5-13-15-11(8)12/h1-5,9-10,12,14,16H,(H,13,15). The van der Waals surface area contributed by atoms with Crippen LogP contribution in [0.1, 0.15) is 40.6 Å². The molecule has 0 saturated carbocycles. The third-order valence-corrected chi connectivity index (χ3v) is 3.61. The molecule has 3 N–H and O–H groups in total. The Morgan fingerprint density at radius 1 is 1.12 bits per heavy atom. The van der Waals surface area contributed by atoms with Gasteiger partial charge >= 0.3 is 0 Å². The number of hydrogen-bond donors (Lipinski definition) is 3. The fraction of sp³-hybridized carbons (Fsp3) is 0.250. The SMILES string of the molecule is OC1c2[nH]ncc2C2NC1c1ccccc12. The van der Waals surface area contributed by atoms with Crippen LogP contribution in [0.4, 0.5) is 0 Å². The van der Waals surface area contributed by atoms with Gasteiger partial charge in [0.2, 0.25) is 0 Å². The first-order valence-corrected chi connectivity index (χ1v) is 5.42. The number of nitrogens with zero attached hydrogens (tertiary/aromatic N) is 1.